The Labute approximate surface area is 83.6 Å². The molecule has 0 spiro atoms. The van der Waals surface area contributed by atoms with Crippen molar-refractivity contribution < 1.29 is 15.3 Å². The summed E-state index contributed by atoms with van der Waals surface area (Å²) in [6.07, 6.45) is -0.134. The van der Waals surface area contributed by atoms with Crippen molar-refractivity contribution in [1.29, 1.82) is 0 Å². The van der Waals surface area contributed by atoms with E-state index in [-0.39, 0.29) is 5.75 Å². The van der Waals surface area contributed by atoms with Gasteiger partial charge in [-0.2, -0.15) is 0 Å². The van der Waals surface area contributed by atoms with Gasteiger partial charge in [0.05, 0.1) is 12.2 Å². The van der Waals surface area contributed by atoms with Crippen molar-refractivity contribution in [2.24, 2.45) is 0 Å². The van der Waals surface area contributed by atoms with Crippen LogP contribution in [-0.4, -0.2) is 27.5 Å². The number of hydrogen-bond acceptors (Lipinski definition) is 3. The highest BCUT2D eigenvalue weighted by Gasteiger charge is 2.10. The molecule has 1 aromatic rings. The molecule has 14 heavy (non-hydrogen) atoms. The predicted octanol–water partition coefficient (Wildman–Crippen LogP) is 1.07. The summed E-state index contributed by atoms with van der Waals surface area (Å²) in [5, 5.41) is 27.4. The van der Waals surface area contributed by atoms with E-state index in [1.54, 1.807) is 19.1 Å². The van der Waals surface area contributed by atoms with E-state index in [0.717, 1.165) is 5.56 Å². The van der Waals surface area contributed by atoms with Gasteiger partial charge in [0.2, 0.25) is 0 Å². The van der Waals surface area contributed by atoms with Crippen LogP contribution in [0.2, 0.25) is 0 Å². The summed E-state index contributed by atoms with van der Waals surface area (Å²) >= 11 is 0. The highest BCUT2D eigenvalue weighted by Crippen LogP contribution is 2.12. The van der Waals surface area contributed by atoms with Crippen LogP contribution in [0.3, 0.4) is 0 Å². The van der Waals surface area contributed by atoms with Gasteiger partial charge in [-0.1, -0.05) is 12.1 Å². The van der Waals surface area contributed by atoms with E-state index in [4.69, 9.17) is 10.2 Å². The summed E-state index contributed by atoms with van der Waals surface area (Å²) in [5.74, 6) is 0.241. The maximum atomic E-state index is 9.34. The number of phenols is 1. The number of benzene rings is 1. The smallest absolute Gasteiger partial charge is 0.115 e. The molecule has 0 amide bonds. The number of phenolic OH excluding ortho intramolecular Hbond substituents is 1. The Morgan fingerprint density at radius 2 is 1.71 bits per heavy atom. The van der Waals surface area contributed by atoms with Crippen molar-refractivity contribution in [3.8, 4) is 5.75 Å². The minimum Gasteiger partial charge on any atom is -0.508 e. The molecule has 0 saturated heterocycles. The van der Waals surface area contributed by atoms with Gasteiger partial charge in [-0.3, -0.25) is 0 Å². The fourth-order valence-electron chi connectivity index (χ4n) is 1.22. The maximum Gasteiger partial charge on any atom is 0.115 e. The molecule has 0 radical (unpaired) electrons. The first-order valence-electron chi connectivity index (χ1n) is 4.73. The summed E-state index contributed by atoms with van der Waals surface area (Å²) in [4.78, 5) is 0. The average Bonchev–Trinajstić information content (AvgIpc) is 2.16. The lowest BCUT2D eigenvalue weighted by Gasteiger charge is -2.12. The second kappa shape index (κ2) is 4.98. The first-order chi connectivity index (χ1) is 6.59. The van der Waals surface area contributed by atoms with E-state index >= 15 is 0 Å². The molecular formula is C11H16O3. The molecular weight excluding hydrogens is 180 g/mol. The highest BCUT2D eigenvalue weighted by atomic mass is 16.3. The van der Waals surface area contributed by atoms with Gasteiger partial charge in [0, 0.05) is 0 Å². The molecule has 78 valence electrons. The van der Waals surface area contributed by atoms with Gasteiger partial charge in [0.15, 0.2) is 0 Å². The number of aryl methyl sites for hydroxylation is 1. The van der Waals surface area contributed by atoms with Crippen molar-refractivity contribution in [3.63, 3.8) is 0 Å². The Bertz CT molecular complexity index is 266. The summed E-state index contributed by atoms with van der Waals surface area (Å²) in [6.45, 7) is 1.57. The van der Waals surface area contributed by atoms with Gasteiger partial charge < -0.3 is 15.3 Å². The van der Waals surface area contributed by atoms with Crippen LogP contribution in [0.15, 0.2) is 24.3 Å². The Kier molecular flexibility index (Phi) is 3.92. The van der Waals surface area contributed by atoms with E-state index < -0.39 is 12.2 Å². The molecule has 0 saturated carbocycles. The SMILES string of the molecule is CC(O)C(O)CCc1ccc(O)cc1. The van der Waals surface area contributed by atoms with Crippen LogP contribution in [0.5, 0.6) is 5.75 Å². The molecule has 1 aromatic carbocycles. The van der Waals surface area contributed by atoms with E-state index in [0.29, 0.717) is 12.8 Å². The Morgan fingerprint density at radius 3 is 2.21 bits per heavy atom. The summed E-state index contributed by atoms with van der Waals surface area (Å²) < 4.78 is 0. The minimum absolute atomic E-state index is 0.241. The third-order valence-corrected chi connectivity index (χ3v) is 2.22. The molecule has 2 unspecified atom stereocenters. The van der Waals surface area contributed by atoms with E-state index in [1.165, 1.54) is 0 Å². The second-order valence-corrected chi connectivity index (χ2v) is 3.51. The lowest BCUT2D eigenvalue weighted by molar-refractivity contribution is 0.0265. The summed E-state index contributed by atoms with van der Waals surface area (Å²) in [6, 6.07) is 6.85. The molecule has 0 fully saturated rings. The fourth-order valence-corrected chi connectivity index (χ4v) is 1.22. The van der Waals surface area contributed by atoms with Gasteiger partial charge in [-0.15, -0.1) is 0 Å². The third kappa shape index (κ3) is 3.36. The van der Waals surface area contributed by atoms with Crippen LogP contribution >= 0.6 is 0 Å². The molecule has 0 aliphatic carbocycles. The van der Waals surface area contributed by atoms with Crippen LogP contribution in [0.1, 0.15) is 18.9 Å². The van der Waals surface area contributed by atoms with Gasteiger partial charge >= 0.3 is 0 Å². The molecule has 0 bridgehead atoms. The van der Waals surface area contributed by atoms with Crippen LogP contribution < -0.4 is 0 Å². The molecule has 0 heterocycles. The number of aliphatic hydroxyl groups is 2. The molecule has 0 aromatic heterocycles. The molecule has 1 rings (SSSR count). The van der Waals surface area contributed by atoms with Gasteiger partial charge in [0.1, 0.15) is 5.75 Å². The van der Waals surface area contributed by atoms with Crippen molar-refractivity contribution in [2.45, 2.75) is 32.0 Å². The zero-order chi connectivity index (χ0) is 10.6. The zero-order valence-electron chi connectivity index (χ0n) is 8.22. The normalized spacial score (nSPS) is 15.1. The van der Waals surface area contributed by atoms with Gasteiger partial charge in [-0.05, 0) is 37.5 Å². The molecule has 0 aliphatic rings. The molecule has 0 aliphatic heterocycles. The zero-order valence-corrected chi connectivity index (χ0v) is 8.22. The molecule has 3 nitrogen and oxygen atoms in total. The van der Waals surface area contributed by atoms with Crippen molar-refractivity contribution in [2.75, 3.05) is 0 Å². The van der Waals surface area contributed by atoms with Gasteiger partial charge in [-0.25, -0.2) is 0 Å². The van der Waals surface area contributed by atoms with Crippen LogP contribution in [0, 0.1) is 0 Å². The number of aromatic hydroxyl groups is 1. The average molecular weight is 196 g/mol. The van der Waals surface area contributed by atoms with Crippen LogP contribution in [0.4, 0.5) is 0 Å². The largest absolute Gasteiger partial charge is 0.508 e. The molecule has 2 atom stereocenters. The summed E-state index contributed by atoms with van der Waals surface area (Å²) in [7, 11) is 0. The van der Waals surface area contributed by atoms with Crippen LogP contribution in [0.25, 0.3) is 0 Å². The van der Waals surface area contributed by atoms with Crippen LogP contribution in [-0.2, 0) is 6.42 Å². The lowest BCUT2D eigenvalue weighted by Crippen LogP contribution is -2.22. The Morgan fingerprint density at radius 1 is 1.14 bits per heavy atom. The standard InChI is InChI=1S/C11H16O3/c1-8(12)11(14)7-4-9-2-5-10(13)6-3-9/h2-3,5-6,8,11-14H,4,7H2,1H3. The Balaban J connectivity index is 2.42. The predicted molar refractivity (Wildman–Crippen MR) is 54.1 cm³/mol. The molecule has 3 heteroatoms. The second-order valence-electron chi connectivity index (χ2n) is 3.51. The lowest BCUT2D eigenvalue weighted by atomic mass is 10.0. The number of hydrogen-bond donors (Lipinski definition) is 3. The first-order valence-corrected chi connectivity index (χ1v) is 4.73. The monoisotopic (exact) mass is 196 g/mol. The topological polar surface area (TPSA) is 60.7 Å². The number of rotatable bonds is 4. The Hall–Kier alpha value is -1.06. The van der Waals surface area contributed by atoms with Crippen molar-refractivity contribution in [3.05, 3.63) is 29.8 Å². The summed E-state index contributed by atoms with van der Waals surface area (Å²) in [5.41, 5.74) is 1.04. The highest BCUT2D eigenvalue weighted by molar-refractivity contribution is 5.25. The first kappa shape index (κ1) is 11.0. The third-order valence-electron chi connectivity index (χ3n) is 2.22. The van der Waals surface area contributed by atoms with Gasteiger partial charge in [0.25, 0.3) is 0 Å². The van der Waals surface area contributed by atoms with Crippen molar-refractivity contribution >= 4 is 0 Å². The van der Waals surface area contributed by atoms with E-state index in [1.807, 2.05) is 12.1 Å². The van der Waals surface area contributed by atoms with Crippen molar-refractivity contribution in [1.82, 2.24) is 0 Å². The fraction of sp³-hybridized carbons (Fsp3) is 0.455. The van der Waals surface area contributed by atoms with E-state index in [2.05, 4.69) is 0 Å². The quantitative estimate of drug-likeness (QED) is 0.675. The molecule has 3 N–H and O–H groups in total. The van der Waals surface area contributed by atoms with E-state index in [9.17, 15) is 5.11 Å². The number of aliphatic hydroxyl groups excluding tert-OH is 2. The minimum atomic E-state index is -0.688. The maximum absolute atomic E-state index is 9.34.